The van der Waals surface area contributed by atoms with E-state index in [-0.39, 0.29) is 0 Å². The zero-order valence-corrected chi connectivity index (χ0v) is 14.7. The number of rotatable bonds is 11. The maximum atomic E-state index is 9.83. The Kier molecular flexibility index (Phi) is 8.29. The van der Waals surface area contributed by atoms with Crippen molar-refractivity contribution in [3.8, 4) is 0 Å². The van der Waals surface area contributed by atoms with Crippen LogP contribution in [0.3, 0.4) is 0 Å². The Labute approximate surface area is 149 Å². The minimum absolute atomic E-state index is 0.328. The van der Waals surface area contributed by atoms with Crippen molar-refractivity contribution in [2.24, 2.45) is 0 Å². The van der Waals surface area contributed by atoms with Gasteiger partial charge in [-0.15, -0.1) is 0 Å². The largest absolute Gasteiger partial charge is 0.391 e. The summed E-state index contributed by atoms with van der Waals surface area (Å²) in [7, 11) is 0. The van der Waals surface area contributed by atoms with Gasteiger partial charge in [0.05, 0.1) is 6.61 Å². The number of hydrogen-bond donors (Lipinski definition) is 5. The predicted molar refractivity (Wildman–Crippen MR) is 95.0 cm³/mol. The second-order valence-corrected chi connectivity index (χ2v) is 6.80. The fourth-order valence-electron chi connectivity index (χ4n) is 3.16. The molecule has 0 bridgehead atoms. The van der Waals surface area contributed by atoms with Gasteiger partial charge in [0.1, 0.15) is 18.3 Å². The van der Waals surface area contributed by atoms with E-state index in [4.69, 9.17) is 9.84 Å². The Morgan fingerprint density at radius 2 is 1.68 bits per heavy atom. The molecular weight excluding hydrogens is 322 g/mol. The summed E-state index contributed by atoms with van der Waals surface area (Å²) < 4.78 is 5.17. The lowest BCUT2D eigenvalue weighted by atomic mass is 10.1. The van der Waals surface area contributed by atoms with Gasteiger partial charge < -0.3 is 30.5 Å². The van der Waals surface area contributed by atoms with Crippen LogP contribution in [0.4, 0.5) is 0 Å². The van der Waals surface area contributed by atoms with Gasteiger partial charge in [0.2, 0.25) is 5.79 Å². The van der Waals surface area contributed by atoms with Crippen LogP contribution in [0.15, 0.2) is 30.3 Å². The highest BCUT2D eigenvalue weighted by Gasteiger charge is 2.52. The van der Waals surface area contributed by atoms with E-state index in [1.807, 2.05) is 6.07 Å². The number of benzene rings is 1. The number of aliphatic hydroxyl groups is 4. The van der Waals surface area contributed by atoms with E-state index in [2.05, 4.69) is 29.6 Å². The standard InChI is InChI=1S/C19H31NO5/c21-14-19(24)18(23)17(22)16(25-19)13-20-12-8-3-1-2-5-9-15-10-6-4-7-11-15/h4,6-7,10-11,16-18,20-24H,1-3,5,8-9,12-14H2/t16-,17+,18-,19+/m0/s1. The lowest BCUT2D eigenvalue weighted by Crippen LogP contribution is -2.46. The normalized spacial score (nSPS) is 29.2. The molecule has 1 aliphatic heterocycles. The monoisotopic (exact) mass is 353 g/mol. The number of hydrogen-bond acceptors (Lipinski definition) is 6. The van der Waals surface area contributed by atoms with Gasteiger partial charge in [-0.05, 0) is 31.4 Å². The highest BCUT2D eigenvalue weighted by molar-refractivity contribution is 5.14. The maximum Gasteiger partial charge on any atom is 0.219 e. The minimum Gasteiger partial charge on any atom is -0.391 e. The van der Waals surface area contributed by atoms with E-state index in [1.54, 1.807) is 0 Å². The van der Waals surface area contributed by atoms with Gasteiger partial charge in [-0.25, -0.2) is 0 Å². The zero-order valence-electron chi connectivity index (χ0n) is 14.7. The van der Waals surface area contributed by atoms with Gasteiger partial charge in [-0.2, -0.15) is 0 Å². The summed E-state index contributed by atoms with van der Waals surface area (Å²) in [6.07, 6.45) is 3.49. The minimum atomic E-state index is -2.06. The molecule has 0 unspecified atom stereocenters. The van der Waals surface area contributed by atoms with Gasteiger partial charge >= 0.3 is 0 Å². The summed E-state index contributed by atoms with van der Waals surface area (Å²) in [6.45, 7) is 0.373. The molecule has 0 aromatic heterocycles. The molecule has 2 rings (SSSR count). The molecule has 25 heavy (non-hydrogen) atoms. The Bertz CT molecular complexity index is 486. The van der Waals surface area contributed by atoms with Crippen LogP contribution in [-0.2, 0) is 11.2 Å². The lowest BCUT2D eigenvalue weighted by Gasteiger charge is -2.22. The lowest BCUT2D eigenvalue weighted by molar-refractivity contribution is -0.245. The summed E-state index contributed by atoms with van der Waals surface area (Å²) in [6, 6.07) is 10.5. The van der Waals surface area contributed by atoms with E-state index < -0.39 is 30.7 Å². The van der Waals surface area contributed by atoms with Crippen LogP contribution in [0.5, 0.6) is 0 Å². The van der Waals surface area contributed by atoms with E-state index >= 15 is 0 Å². The third-order valence-electron chi connectivity index (χ3n) is 4.76. The van der Waals surface area contributed by atoms with Crippen LogP contribution in [0, 0.1) is 0 Å². The average molecular weight is 353 g/mol. The van der Waals surface area contributed by atoms with Crippen LogP contribution >= 0.6 is 0 Å². The maximum absolute atomic E-state index is 9.83. The summed E-state index contributed by atoms with van der Waals surface area (Å²) in [5.74, 6) is -2.06. The van der Waals surface area contributed by atoms with Crippen molar-refractivity contribution in [1.29, 1.82) is 0 Å². The number of ether oxygens (including phenoxy) is 1. The van der Waals surface area contributed by atoms with Crippen molar-refractivity contribution in [1.82, 2.24) is 5.32 Å². The van der Waals surface area contributed by atoms with Crippen LogP contribution in [-0.4, -0.2) is 64.2 Å². The molecule has 1 aromatic carbocycles. The van der Waals surface area contributed by atoms with Crippen molar-refractivity contribution < 1.29 is 25.2 Å². The number of unbranched alkanes of at least 4 members (excludes halogenated alkanes) is 4. The van der Waals surface area contributed by atoms with E-state index in [0.717, 1.165) is 25.8 Å². The molecule has 4 atom stereocenters. The smallest absolute Gasteiger partial charge is 0.219 e. The quantitative estimate of drug-likeness (QED) is 0.373. The molecule has 142 valence electrons. The molecule has 1 aromatic rings. The SMILES string of the molecule is OC[C@@]1(O)O[C@@H](CNCCCCCCCc2ccccc2)[C@@H](O)[C@@H]1O. The van der Waals surface area contributed by atoms with E-state index in [9.17, 15) is 15.3 Å². The summed E-state index contributed by atoms with van der Waals surface area (Å²) in [4.78, 5) is 0. The highest BCUT2D eigenvalue weighted by Crippen LogP contribution is 2.28. The summed E-state index contributed by atoms with van der Waals surface area (Å²) >= 11 is 0. The Morgan fingerprint density at radius 3 is 2.36 bits per heavy atom. The molecular formula is C19H31NO5. The number of aliphatic hydroxyl groups excluding tert-OH is 3. The third kappa shape index (κ3) is 6.02. The van der Waals surface area contributed by atoms with Crippen LogP contribution in [0.25, 0.3) is 0 Å². The molecule has 1 aliphatic rings. The molecule has 0 amide bonds. The first-order valence-corrected chi connectivity index (χ1v) is 9.18. The molecule has 0 saturated carbocycles. The average Bonchev–Trinajstić information content (AvgIpc) is 2.86. The Morgan fingerprint density at radius 1 is 1.00 bits per heavy atom. The second kappa shape index (κ2) is 10.2. The molecule has 5 N–H and O–H groups in total. The summed E-state index contributed by atoms with van der Waals surface area (Å²) in [5, 5.41) is 41.5. The third-order valence-corrected chi connectivity index (χ3v) is 4.76. The van der Waals surface area contributed by atoms with Gasteiger partial charge in [-0.1, -0.05) is 49.6 Å². The first kappa shape index (κ1) is 20.3. The number of nitrogens with one attached hydrogen (secondary N) is 1. The Hall–Kier alpha value is -1.02. The van der Waals surface area contributed by atoms with Crippen LogP contribution in [0.2, 0.25) is 0 Å². The van der Waals surface area contributed by atoms with Crippen molar-refractivity contribution in [3.63, 3.8) is 0 Å². The Balaban J connectivity index is 1.47. The van der Waals surface area contributed by atoms with Gasteiger partial charge in [0.15, 0.2) is 0 Å². The molecule has 1 heterocycles. The van der Waals surface area contributed by atoms with Gasteiger partial charge in [0.25, 0.3) is 0 Å². The predicted octanol–water partition coefficient (Wildman–Crippen LogP) is 0.571. The first-order chi connectivity index (χ1) is 12.1. The molecule has 6 heteroatoms. The number of aryl methyl sites for hydroxylation is 1. The highest BCUT2D eigenvalue weighted by atomic mass is 16.7. The molecule has 1 saturated heterocycles. The fraction of sp³-hybridized carbons (Fsp3) is 0.684. The van der Waals surface area contributed by atoms with E-state index in [1.165, 1.54) is 24.8 Å². The second-order valence-electron chi connectivity index (χ2n) is 6.80. The van der Waals surface area contributed by atoms with Crippen LogP contribution < -0.4 is 5.32 Å². The first-order valence-electron chi connectivity index (χ1n) is 9.18. The van der Waals surface area contributed by atoms with E-state index in [0.29, 0.717) is 6.54 Å². The van der Waals surface area contributed by atoms with Crippen molar-refractivity contribution in [2.75, 3.05) is 19.7 Å². The zero-order chi connectivity index (χ0) is 18.1. The molecule has 0 radical (unpaired) electrons. The van der Waals surface area contributed by atoms with Gasteiger partial charge in [-0.3, -0.25) is 0 Å². The van der Waals surface area contributed by atoms with Gasteiger partial charge in [0, 0.05) is 6.54 Å². The summed E-state index contributed by atoms with van der Waals surface area (Å²) in [5.41, 5.74) is 1.39. The fourth-order valence-corrected chi connectivity index (χ4v) is 3.16. The topological polar surface area (TPSA) is 102 Å². The molecule has 1 fully saturated rings. The molecule has 6 nitrogen and oxygen atoms in total. The molecule has 0 spiro atoms. The van der Waals surface area contributed by atoms with Crippen molar-refractivity contribution >= 4 is 0 Å². The van der Waals surface area contributed by atoms with Crippen molar-refractivity contribution in [3.05, 3.63) is 35.9 Å². The molecule has 0 aliphatic carbocycles. The van der Waals surface area contributed by atoms with Crippen molar-refractivity contribution in [2.45, 2.75) is 62.6 Å². The van der Waals surface area contributed by atoms with Crippen LogP contribution in [0.1, 0.15) is 37.7 Å².